The summed E-state index contributed by atoms with van der Waals surface area (Å²) in [4.78, 5) is 32.9. The van der Waals surface area contributed by atoms with E-state index >= 15 is 0 Å². The molecule has 14 heteroatoms. The van der Waals surface area contributed by atoms with Crippen molar-refractivity contribution in [1.82, 2.24) is 24.9 Å². The van der Waals surface area contributed by atoms with Gasteiger partial charge in [0.1, 0.15) is 5.82 Å². The van der Waals surface area contributed by atoms with Gasteiger partial charge in [-0.1, -0.05) is 12.1 Å². The van der Waals surface area contributed by atoms with Gasteiger partial charge in [-0.2, -0.15) is 13.2 Å². The molecule has 0 aliphatic carbocycles. The number of hydrogen-bond donors (Lipinski definition) is 5. The summed E-state index contributed by atoms with van der Waals surface area (Å²) in [6.07, 6.45) is -0.672. The number of aliphatic hydroxyl groups excluding tert-OH is 1. The molecule has 0 saturated heterocycles. The summed E-state index contributed by atoms with van der Waals surface area (Å²) in [5.41, 5.74) is 6.88. The van der Waals surface area contributed by atoms with Crippen LogP contribution in [0.2, 0.25) is 0 Å². The minimum Gasteiger partial charge on any atom is -0.394 e. The molecule has 4 rings (SSSR count). The highest BCUT2D eigenvalue weighted by atomic mass is 19.4. The first-order valence-corrected chi connectivity index (χ1v) is 10.8. The normalized spacial score (nSPS) is 12.2. The maximum Gasteiger partial charge on any atom is 0.416 e. The van der Waals surface area contributed by atoms with E-state index in [0.29, 0.717) is 22.3 Å². The number of anilines is 3. The molecule has 0 fully saturated rings. The number of alkyl halides is 3. The highest BCUT2D eigenvalue weighted by molar-refractivity contribution is 6.05. The fourth-order valence-corrected chi connectivity index (χ4v) is 3.48. The Morgan fingerprint density at radius 3 is 2.54 bits per heavy atom. The van der Waals surface area contributed by atoms with Crippen LogP contribution in [0.4, 0.5) is 35.4 Å². The zero-order chi connectivity index (χ0) is 26.7. The lowest BCUT2D eigenvalue weighted by molar-refractivity contribution is -0.137. The minimum atomic E-state index is -4.57. The number of carbonyl (C=O) groups is 2. The summed E-state index contributed by atoms with van der Waals surface area (Å²) in [5, 5.41) is 20.8. The lowest BCUT2D eigenvalue weighted by Gasteiger charge is -2.12. The second-order valence-electron chi connectivity index (χ2n) is 8.01. The van der Waals surface area contributed by atoms with Crippen molar-refractivity contribution in [2.24, 2.45) is 0 Å². The van der Waals surface area contributed by atoms with Gasteiger partial charge >= 0.3 is 12.2 Å². The number of amides is 3. The van der Waals surface area contributed by atoms with E-state index in [1.54, 1.807) is 31.2 Å². The number of aliphatic hydroxyl groups is 1. The van der Waals surface area contributed by atoms with E-state index < -0.39 is 29.7 Å². The number of aromatic nitrogens is 4. The van der Waals surface area contributed by atoms with Crippen molar-refractivity contribution in [2.45, 2.75) is 19.1 Å². The van der Waals surface area contributed by atoms with E-state index in [1.807, 2.05) is 0 Å². The Labute approximate surface area is 207 Å². The van der Waals surface area contributed by atoms with Crippen molar-refractivity contribution in [3.05, 3.63) is 66.1 Å². The van der Waals surface area contributed by atoms with Gasteiger partial charge in [-0.05, 0) is 36.8 Å². The van der Waals surface area contributed by atoms with Crippen molar-refractivity contribution in [2.75, 3.05) is 23.0 Å². The van der Waals surface area contributed by atoms with E-state index in [0.717, 1.165) is 18.3 Å². The second kappa shape index (κ2) is 10.1. The van der Waals surface area contributed by atoms with Crippen LogP contribution < -0.4 is 21.7 Å². The summed E-state index contributed by atoms with van der Waals surface area (Å²) in [5.74, 6) is -0.711. The molecule has 0 bridgehead atoms. The Balaban J connectivity index is 1.57. The number of carbonyl (C=O) groups excluding carboxylic acids is 2. The Kier molecular flexibility index (Phi) is 6.93. The van der Waals surface area contributed by atoms with Crippen molar-refractivity contribution >= 4 is 34.9 Å². The number of nitrogens with two attached hydrogens (primary N) is 1. The number of hydrogen-bond acceptors (Lipinski definition) is 7. The number of nitrogens with zero attached hydrogens (tertiary/aromatic N) is 4. The molecule has 3 heterocycles. The van der Waals surface area contributed by atoms with E-state index in [4.69, 9.17) is 5.73 Å². The monoisotopic (exact) mass is 514 g/mol. The van der Waals surface area contributed by atoms with Crippen LogP contribution in [0.25, 0.3) is 16.6 Å². The Bertz CT molecular complexity index is 1450. The summed E-state index contributed by atoms with van der Waals surface area (Å²) in [7, 11) is 0. The topological polar surface area (TPSA) is 160 Å². The molecule has 11 nitrogen and oxygen atoms in total. The van der Waals surface area contributed by atoms with Gasteiger partial charge in [-0.25, -0.2) is 19.3 Å². The lowest BCUT2D eigenvalue weighted by atomic mass is 10.0. The quantitative estimate of drug-likeness (QED) is 0.264. The van der Waals surface area contributed by atoms with E-state index in [1.165, 1.54) is 16.9 Å². The molecular formula is C23H21F3N8O3. The number of benzene rings is 1. The predicted octanol–water partition coefficient (Wildman–Crippen LogP) is 3.15. The zero-order valence-electron chi connectivity index (χ0n) is 19.2. The number of rotatable bonds is 6. The van der Waals surface area contributed by atoms with Crippen LogP contribution in [-0.2, 0) is 6.18 Å². The number of fused-ring (bicyclic) bond motifs is 1. The maximum atomic E-state index is 12.9. The van der Waals surface area contributed by atoms with Crippen LogP contribution in [0, 0.1) is 0 Å². The van der Waals surface area contributed by atoms with Crippen molar-refractivity contribution < 1.29 is 27.9 Å². The van der Waals surface area contributed by atoms with E-state index in [9.17, 15) is 27.9 Å². The molecular weight excluding hydrogens is 493 g/mol. The van der Waals surface area contributed by atoms with E-state index in [2.05, 4.69) is 31.0 Å². The summed E-state index contributed by atoms with van der Waals surface area (Å²) >= 11 is 0. The standard InChI is InChI=1S/C23H21F3N8O3/c1-12(11-35)30-20(36)16-10-34-17(9-29-21(27)33-34)19(16)13-2-4-15(5-3-13)31-22(37)32-18-8-14(6-7-28-18)23(24,25)26/h2-10,12,35H,11H2,1H3,(H2,27,33)(H,30,36)(H2,28,31,32,37). The third-order valence-corrected chi connectivity index (χ3v) is 5.21. The molecule has 1 aromatic carbocycles. The van der Waals surface area contributed by atoms with Crippen LogP contribution in [0.1, 0.15) is 22.8 Å². The minimum absolute atomic E-state index is 0.00514. The highest BCUT2D eigenvalue weighted by Gasteiger charge is 2.31. The zero-order valence-corrected chi connectivity index (χ0v) is 19.2. The lowest BCUT2D eigenvalue weighted by Crippen LogP contribution is -2.35. The smallest absolute Gasteiger partial charge is 0.394 e. The van der Waals surface area contributed by atoms with Crippen LogP contribution in [0.5, 0.6) is 0 Å². The largest absolute Gasteiger partial charge is 0.416 e. The van der Waals surface area contributed by atoms with Gasteiger partial charge in [0.15, 0.2) is 0 Å². The Morgan fingerprint density at radius 1 is 1.14 bits per heavy atom. The molecule has 0 spiro atoms. The number of urea groups is 1. The first kappa shape index (κ1) is 25.4. The summed E-state index contributed by atoms with van der Waals surface area (Å²) < 4.78 is 40.0. The van der Waals surface area contributed by atoms with Crippen molar-refractivity contribution in [3.8, 4) is 11.1 Å². The maximum absolute atomic E-state index is 12.9. The molecule has 6 N–H and O–H groups in total. The third-order valence-electron chi connectivity index (χ3n) is 5.21. The first-order chi connectivity index (χ1) is 17.5. The van der Waals surface area contributed by atoms with Gasteiger partial charge in [0.05, 0.1) is 29.4 Å². The fourth-order valence-electron chi connectivity index (χ4n) is 3.48. The van der Waals surface area contributed by atoms with Crippen LogP contribution in [0.3, 0.4) is 0 Å². The number of nitrogens with one attached hydrogen (secondary N) is 3. The van der Waals surface area contributed by atoms with Crippen LogP contribution >= 0.6 is 0 Å². The van der Waals surface area contributed by atoms with Gasteiger partial charge < -0.3 is 21.5 Å². The van der Waals surface area contributed by atoms with Crippen LogP contribution in [-0.4, -0.2) is 49.3 Å². The Morgan fingerprint density at radius 2 is 1.86 bits per heavy atom. The SMILES string of the molecule is CC(CO)NC(=O)c1cn2nc(N)ncc2c1-c1ccc(NC(=O)Nc2cc(C(F)(F)F)ccn2)cc1. The van der Waals surface area contributed by atoms with Gasteiger partial charge in [-0.3, -0.25) is 10.1 Å². The molecule has 0 aliphatic rings. The van der Waals surface area contributed by atoms with Crippen molar-refractivity contribution in [3.63, 3.8) is 0 Å². The third kappa shape index (κ3) is 5.75. The molecule has 3 aromatic heterocycles. The van der Waals surface area contributed by atoms with Crippen LogP contribution in [0.15, 0.2) is 55.0 Å². The van der Waals surface area contributed by atoms with E-state index in [-0.39, 0.29) is 23.9 Å². The number of nitrogen functional groups attached to an aromatic ring is 1. The number of halogens is 3. The molecule has 1 atom stereocenters. The Hall–Kier alpha value is -4.72. The molecule has 1 unspecified atom stereocenters. The highest BCUT2D eigenvalue weighted by Crippen LogP contribution is 2.32. The molecule has 3 amide bonds. The van der Waals surface area contributed by atoms with Gasteiger partial charge in [-0.15, -0.1) is 5.10 Å². The second-order valence-corrected chi connectivity index (χ2v) is 8.01. The molecule has 4 aromatic rings. The molecule has 0 radical (unpaired) electrons. The number of pyridine rings is 1. The summed E-state index contributed by atoms with van der Waals surface area (Å²) in [6, 6.07) is 6.60. The molecule has 0 aliphatic heterocycles. The molecule has 37 heavy (non-hydrogen) atoms. The fraction of sp³-hybridized carbons (Fsp3) is 0.174. The molecule has 0 saturated carbocycles. The van der Waals surface area contributed by atoms with Gasteiger partial charge in [0, 0.05) is 29.7 Å². The first-order valence-electron chi connectivity index (χ1n) is 10.8. The van der Waals surface area contributed by atoms with Crippen molar-refractivity contribution in [1.29, 1.82) is 0 Å². The van der Waals surface area contributed by atoms with Gasteiger partial charge in [0.25, 0.3) is 5.91 Å². The molecule has 192 valence electrons. The predicted molar refractivity (Wildman–Crippen MR) is 129 cm³/mol. The summed E-state index contributed by atoms with van der Waals surface area (Å²) in [6.45, 7) is 1.39. The van der Waals surface area contributed by atoms with Gasteiger partial charge in [0.2, 0.25) is 5.95 Å². The average molecular weight is 514 g/mol. The average Bonchev–Trinajstić information content (AvgIpc) is 3.22.